The lowest BCUT2D eigenvalue weighted by atomic mass is 9.73. The average Bonchev–Trinajstić information content (AvgIpc) is 2.71. The average molecular weight is 301 g/mol. The molecule has 1 aromatic rings. The molecule has 5 nitrogen and oxygen atoms in total. The highest BCUT2D eigenvalue weighted by Gasteiger charge is 2.51. The van der Waals surface area contributed by atoms with Gasteiger partial charge in [0.15, 0.2) is 0 Å². The predicted molar refractivity (Wildman–Crippen MR) is 85.9 cm³/mol. The first-order chi connectivity index (χ1) is 10.5. The minimum absolute atomic E-state index is 0.145. The smallest absolute Gasteiger partial charge is 0.237 e. The number of benzene rings is 1. The van der Waals surface area contributed by atoms with Gasteiger partial charge in [0.2, 0.25) is 11.8 Å². The number of piperidine rings is 1. The van der Waals surface area contributed by atoms with Crippen LogP contribution in [0.25, 0.3) is 0 Å². The molecule has 1 saturated heterocycles. The Hall–Kier alpha value is -1.88. The Morgan fingerprint density at radius 2 is 1.86 bits per heavy atom. The van der Waals surface area contributed by atoms with E-state index in [9.17, 15) is 9.59 Å². The molecule has 0 unspecified atom stereocenters. The van der Waals surface area contributed by atoms with Crippen LogP contribution in [0.1, 0.15) is 18.4 Å². The van der Waals surface area contributed by atoms with Crippen molar-refractivity contribution < 1.29 is 9.59 Å². The number of hydrogen-bond acceptors (Lipinski definition) is 3. The highest BCUT2D eigenvalue weighted by atomic mass is 16.2. The fourth-order valence-electron chi connectivity index (χ4n) is 3.71. The maximum atomic E-state index is 12.8. The van der Waals surface area contributed by atoms with Crippen LogP contribution < -0.4 is 4.90 Å². The monoisotopic (exact) mass is 301 g/mol. The summed E-state index contributed by atoms with van der Waals surface area (Å²) in [6.45, 7) is 1.73. The first-order valence-electron chi connectivity index (χ1n) is 7.76. The molecule has 2 heterocycles. The number of likely N-dealkylation sites (N-methyl/N-ethyl adjacent to an activating group) is 2. The molecule has 118 valence electrons. The molecule has 2 aliphatic heterocycles. The van der Waals surface area contributed by atoms with Crippen molar-refractivity contribution in [2.75, 3.05) is 45.7 Å². The zero-order valence-electron chi connectivity index (χ0n) is 13.5. The second-order valence-electron chi connectivity index (χ2n) is 6.58. The summed E-state index contributed by atoms with van der Waals surface area (Å²) in [4.78, 5) is 30.5. The standard InChI is InChI=1S/C17H23N3O2/c1-18(2)12-15(21)20-10-8-17(9-11-20)13-6-4-5-7-14(13)19(3)16(17)22/h4-7H,8-12H2,1-3H3. The topological polar surface area (TPSA) is 43.9 Å². The van der Waals surface area contributed by atoms with E-state index in [1.54, 1.807) is 4.90 Å². The Kier molecular flexibility index (Phi) is 3.68. The van der Waals surface area contributed by atoms with Crippen LogP contribution in [0.2, 0.25) is 0 Å². The normalized spacial score (nSPS) is 19.9. The number of anilines is 1. The van der Waals surface area contributed by atoms with Crippen LogP contribution in [0.3, 0.4) is 0 Å². The molecule has 22 heavy (non-hydrogen) atoms. The Morgan fingerprint density at radius 3 is 2.50 bits per heavy atom. The molecule has 0 radical (unpaired) electrons. The van der Waals surface area contributed by atoms with Gasteiger partial charge in [-0.25, -0.2) is 0 Å². The highest BCUT2D eigenvalue weighted by Crippen LogP contribution is 2.47. The third-order valence-corrected chi connectivity index (χ3v) is 4.92. The minimum Gasteiger partial charge on any atom is -0.341 e. The summed E-state index contributed by atoms with van der Waals surface area (Å²) in [5.41, 5.74) is 1.71. The largest absolute Gasteiger partial charge is 0.341 e. The molecule has 0 aromatic heterocycles. The van der Waals surface area contributed by atoms with Gasteiger partial charge in [-0.05, 0) is 38.6 Å². The van der Waals surface area contributed by atoms with Crippen LogP contribution in [0.4, 0.5) is 5.69 Å². The Labute approximate surface area is 131 Å². The number of likely N-dealkylation sites (tertiary alicyclic amines) is 1. The van der Waals surface area contributed by atoms with Gasteiger partial charge in [0, 0.05) is 25.8 Å². The summed E-state index contributed by atoms with van der Waals surface area (Å²) in [5, 5.41) is 0. The van der Waals surface area contributed by atoms with E-state index in [1.807, 2.05) is 49.1 Å². The van der Waals surface area contributed by atoms with E-state index >= 15 is 0 Å². The number of carbonyl (C=O) groups is 2. The predicted octanol–water partition coefficient (Wildman–Crippen LogP) is 1.08. The Balaban J connectivity index is 1.81. The molecule has 0 N–H and O–H groups in total. The molecule has 1 aromatic carbocycles. The van der Waals surface area contributed by atoms with E-state index in [0.717, 1.165) is 11.3 Å². The SMILES string of the molecule is CN(C)CC(=O)N1CCC2(CC1)C(=O)N(C)c1ccccc12. The zero-order valence-corrected chi connectivity index (χ0v) is 13.5. The van der Waals surface area contributed by atoms with Crippen LogP contribution in [-0.2, 0) is 15.0 Å². The van der Waals surface area contributed by atoms with Crippen molar-refractivity contribution >= 4 is 17.5 Å². The first-order valence-corrected chi connectivity index (χ1v) is 7.76. The second-order valence-corrected chi connectivity index (χ2v) is 6.58. The van der Waals surface area contributed by atoms with Gasteiger partial charge in [-0.1, -0.05) is 18.2 Å². The van der Waals surface area contributed by atoms with Crippen molar-refractivity contribution in [1.82, 2.24) is 9.80 Å². The van der Waals surface area contributed by atoms with Crippen molar-refractivity contribution in [3.63, 3.8) is 0 Å². The molecule has 0 saturated carbocycles. The fraction of sp³-hybridized carbons (Fsp3) is 0.529. The molecule has 0 aliphatic carbocycles. The molecule has 2 aliphatic rings. The van der Waals surface area contributed by atoms with Crippen LogP contribution in [-0.4, -0.2) is 62.4 Å². The quantitative estimate of drug-likeness (QED) is 0.821. The first kappa shape index (κ1) is 15.0. The molecule has 0 bridgehead atoms. The number of fused-ring (bicyclic) bond motifs is 2. The molecule has 1 fully saturated rings. The molecule has 2 amide bonds. The summed E-state index contributed by atoms with van der Waals surface area (Å²) in [7, 11) is 5.64. The van der Waals surface area contributed by atoms with E-state index in [2.05, 4.69) is 6.07 Å². The molecule has 5 heteroatoms. The lowest BCUT2D eigenvalue weighted by molar-refractivity contribution is -0.136. The Bertz CT molecular complexity index is 604. The van der Waals surface area contributed by atoms with Crippen molar-refractivity contribution in [3.05, 3.63) is 29.8 Å². The van der Waals surface area contributed by atoms with Crippen molar-refractivity contribution in [2.24, 2.45) is 0 Å². The number of hydrogen-bond donors (Lipinski definition) is 0. The summed E-state index contributed by atoms with van der Waals surface area (Å²) in [5.74, 6) is 0.320. The van der Waals surface area contributed by atoms with Crippen molar-refractivity contribution in [1.29, 1.82) is 0 Å². The minimum atomic E-state index is -0.430. The lowest BCUT2D eigenvalue weighted by Crippen LogP contribution is -2.51. The molecule has 3 rings (SSSR count). The highest BCUT2D eigenvalue weighted by molar-refractivity contribution is 6.07. The summed E-state index contributed by atoms with van der Waals surface area (Å²) in [6, 6.07) is 8.04. The van der Waals surface area contributed by atoms with Crippen LogP contribution in [0.5, 0.6) is 0 Å². The second kappa shape index (κ2) is 5.39. The molecule has 1 spiro atoms. The summed E-state index contributed by atoms with van der Waals surface area (Å²) in [6.07, 6.45) is 1.43. The number of amides is 2. The Morgan fingerprint density at radius 1 is 1.23 bits per heavy atom. The van der Waals surface area contributed by atoms with Crippen molar-refractivity contribution in [3.8, 4) is 0 Å². The number of carbonyl (C=O) groups excluding carboxylic acids is 2. The van der Waals surface area contributed by atoms with E-state index in [-0.39, 0.29) is 11.8 Å². The van der Waals surface area contributed by atoms with Gasteiger partial charge in [0.05, 0.1) is 12.0 Å². The van der Waals surface area contributed by atoms with Crippen LogP contribution >= 0.6 is 0 Å². The van der Waals surface area contributed by atoms with Gasteiger partial charge in [-0.2, -0.15) is 0 Å². The van der Waals surface area contributed by atoms with Gasteiger partial charge in [0.1, 0.15) is 0 Å². The van der Waals surface area contributed by atoms with Gasteiger partial charge < -0.3 is 14.7 Å². The fourth-order valence-corrected chi connectivity index (χ4v) is 3.71. The van der Waals surface area contributed by atoms with Gasteiger partial charge >= 0.3 is 0 Å². The summed E-state index contributed by atoms with van der Waals surface area (Å²) < 4.78 is 0. The van der Waals surface area contributed by atoms with E-state index in [0.29, 0.717) is 32.5 Å². The zero-order chi connectivity index (χ0) is 15.9. The van der Waals surface area contributed by atoms with Crippen LogP contribution in [0, 0.1) is 0 Å². The van der Waals surface area contributed by atoms with E-state index < -0.39 is 5.41 Å². The van der Waals surface area contributed by atoms with Gasteiger partial charge in [-0.3, -0.25) is 9.59 Å². The number of para-hydroxylation sites is 1. The molecular formula is C17H23N3O2. The van der Waals surface area contributed by atoms with Gasteiger partial charge in [-0.15, -0.1) is 0 Å². The molecule has 0 atom stereocenters. The summed E-state index contributed by atoms with van der Waals surface area (Å²) >= 11 is 0. The third-order valence-electron chi connectivity index (χ3n) is 4.92. The number of rotatable bonds is 2. The van der Waals surface area contributed by atoms with Crippen LogP contribution in [0.15, 0.2) is 24.3 Å². The van der Waals surface area contributed by atoms with Crippen molar-refractivity contribution in [2.45, 2.75) is 18.3 Å². The lowest BCUT2D eigenvalue weighted by Gasteiger charge is -2.38. The number of nitrogens with zero attached hydrogens (tertiary/aromatic N) is 3. The maximum absolute atomic E-state index is 12.8. The van der Waals surface area contributed by atoms with E-state index in [4.69, 9.17) is 0 Å². The molecular weight excluding hydrogens is 278 g/mol. The van der Waals surface area contributed by atoms with Gasteiger partial charge in [0.25, 0.3) is 0 Å². The van der Waals surface area contributed by atoms with E-state index in [1.165, 1.54) is 0 Å². The maximum Gasteiger partial charge on any atom is 0.237 e. The third kappa shape index (κ3) is 2.20.